The van der Waals surface area contributed by atoms with Gasteiger partial charge in [-0.05, 0) is 42.3 Å². The van der Waals surface area contributed by atoms with E-state index in [2.05, 4.69) is 15.4 Å². The summed E-state index contributed by atoms with van der Waals surface area (Å²) < 4.78 is 41.3. The highest BCUT2D eigenvalue weighted by Crippen LogP contribution is 2.22. The fourth-order valence-corrected chi connectivity index (χ4v) is 4.68. The van der Waals surface area contributed by atoms with Crippen LogP contribution in [0.5, 0.6) is 0 Å². The average molecular weight is 489 g/mol. The van der Waals surface area contributed by atoms with Crippen LogP contribution in [0.4, 0.5) is 10.1 Å². The molecule has 2 aromatic rings. The number of rotatable bonds is 5. The summed E-state index contributed by atoms with van der Waals surface area (Å²) in [7, 11) is -2.87. The van der Waals surface area contributed by atoms with Crippen LogP contribution < -0.4 is 15.4 Å². The number of anilines is 1. The maximum Gasteiger partial charge on any atom is 0.280 e. The second kappa shape index (κ2) is 9.49. The van der Waals surface area contributed by atoms with Crippen LogP contribution in [0, 0.1) is 5.82 Å². The minimum Gasteiger partial charge on any atom is -0.351 e. The van der Waals surface area contributed by atoms with Crippen molar-refractivity contribution in [1.82, 2.24) is 14.3 Å². The number of nitrogens with zero attached hydrogens (tertiary/aromatic N) is 1. The first-order valence-electron chi connectivity index (χ1n) is 9.10. The maximum absolute atomic E-state index is 13.3. The van der Waals surface area contributed by atoms with Crippen LogP contribution in [-0.4, -0.2) is 43.7 Å². The molecule has 1 fully saturated rings. The normalized spacial score (nSPS) is 20.8. The van der Waals surface area contributed by atoms with E-state index in [1.165, 1.54) is 19.2 Å². The van der Waals surface area contributed by atoms with Gasteiger partial charge in [-0.1, -0.05) is 35.3 Å². The Hall–Kier alpha value is -2.24. The molecule has 1 heterocycles. The molecule has 2 atom stereocenters. The molecule has 8 nitrogen and oxygen atoms in total. The van der Waals surface area contributed by atoms with Gasteiger partial charge in [0, 0.05) is 24.3 Å². The van der Waals surface area contributed by atoms with Crippen molar-refractivity contribution in [2.24, 2.45) is 0 Å². The van der Waals surface area contributed by atoms with E-state index in [9.17, 15) is 22.4 Å². The summed E-state index contributed by atoms with van der Waals surface area (Å²) in [6.45, 7) is 0.137. The summed E-state index contributed by atoms with van der Waals surface area (Å²) in [5.74, 6) is -1.92. The zero-order valence-corrected chi connectivity index (χ0v) is 18.6. The van der Waals surface area contributed by atoms with Crippen LogP contribution in [0.25, 0.3) is 0 Å². The summed E-state index contributed by atoms with van der Waals surface area (Å²) in [4.78, 5) is 25.3. The molecule has 2 unspecified atom stereocenters. The molecule has 2 amide bonds. The molecule has 1 aliphatic heterocycles. The lowest BCUT2D eigenvalue weighted by molar-refractivity contribution is -0.124. The average Bonchev–Trinajstić information content (AvgIpc) is 2.70. The van der Waals surface area contributed by atoms with Crippen molar-refractivity contribution in [1.29, 1.82) is 0 Å². The Morgan fingerprint density at radius 3 is 2.61 bits per heavy atom. The lowest BCUT2D eigenvalue weighted by Gasteiger charge is -2.35. The summed E-state index contributed by atoms with van der Waals surface area (Å²) in [6.07, 6.45) is -0.113. The second-order valence-corrected chi connectivity index (χ2v) is 9.51. The van der Waals surface area contributed by atoms with E-state index in [4.69, 9.17) is 23.2 Å². The van der Waals surface area contributed by atoms with Gasteiger partial charge in [0.1, 0.15) is 17.9 Å². The molecule has 0 aliphatic carbocycles. The monoisotopic (exact) mass is 488 g/mol. The van der Waals surface area contributed by atoms with Gasteiger partial charge >= 0.3 is 0 Å². The lowest BCUT2D eigenvalue weighted by atomic mass is 10.1. The molecule has 31 heavy (non-hydrogen) atoms. The van der Waals surface area contributed by atoms with Crippen LogP contribution in [0.15, 0.2) is 42.5 Å². The predicted molar refractivity (Wildman–Crippen MR) is 115 cm³/mol. The highest BCUT2D eigenvalue weighted by Gasteiger charge is 2.42. The third-order valence-corrected chi connectivity index (χ3v) is 6.85. The molecule has 1 aliphatic rings. The van der Waals surface area contributed by atoms with Crippen molar-refractivity contribution in [3.8, 4) is 0 Å². The van der Waals surface area contributed by atoms with Gasteiger partial charge in [0.2, 0.25) is 11.8 Å². The largest absolute Gasteiger partial charge is 0.351 e. The molecular formula is C19H19Cl2FN4O4S. The SMILES string of the molecule is CN1C(C(=O)Nc2ccc(F)c(Cl)c2)CC(C(=O)NCc2cccc(Cl)c2)NS1(=O)=O. The van der Waals surface area contributed by atoms with Gasteiger partial charge in [-0.25, -0.2) is 4.39 Å². The Morgan fingerprint density at radius 1 is 1.19 bits per heavy atom. The third kappa shape index (κ3) is 5.72. The Labute approximate surface area is 188 Å². The molecule has 0 saturated carbocycles. The van der Waals surface area contributed by atoms with E-state index in [1.807, 2.05) is 0 Å². The summed E-state index contributed by atoms with van der Waals surface area (Å²) in [6, 6.07) is 8.10. The summed E-state index contributed by atoms with van der Waals surface area (Å²) in [5, 5.41) is 5.45. The molecule has 0 bridgehead atoms. The molecule has 166 valence electrons. The quantitative estimate of drug-likeness (QED) is 0.599. The van der Waals surface area contributed by atoms with Crippen LogP contribution in [0.3, 0.4) is 0 Å². The molecule has 1 saturated heterocycles. The predicted octanol–water partition coefficient (Wildman–Crippen LogP) is 2.29. The van der Waals surface area contributed by atoms with Crippen LogP contribution in [0.2, 0.25) is 10.0 Å². The molecule has 0 aromatic heterocycles. The molecule has 0 spiro atoms. The maximum atomic E-state index is 13.3. The van der Waals surface area contributed by atoms with E-state index >= 15 is 0 Å². The molecule has 3 N–H and O–H groups in total. The van der Waals surface area contributed by atoms with E-state index in [-0.39, 0.29) is 23.7 Å². The Bertz CT molecular complexity index is 1120. The van der Waals surface area contributed by atoms with Gasteiger partial charge in [-0.2, -0.15) is 17.4 Å². The van der Waals surface area contributed by atoms with Crippen LogP contribution in [-0.2, 0) is 26.3 Å². The van der Waals surface area contributed by atoms with Gasteiger partial charge < -0.3 is 10.6 Å². The Kier molecular flexibility index (Phi) is 7.17. The number of carbonyl (C=O) groups excluding carboxylic acids is 2. The van der Waals surface area contributed by atoms with Crippen molar-refractivity contribution in [2.45, 2.75) is 25.0 Å². The zero-order valence-electron chi connectivity index (χ0n) is 16.2. The van der Waals surface area contributed by atoms with Crippen molar-refractivity contribution in [3.63, 3.8) is 0 Å². The minimum atomic E-state index is -4.09. The number of amides is 2. The Balaban J connectivity index is 1.71. The third-order valence-electron chi connectivity index (χ3n) is 4.73. The van der Waals surface area contributed by atoms with Crippen molar-refractivity contribution < 1.29 is 22.4 Å². The smallest absolute Gasteiger partial charge is 0.280 e. The van der Waals surface area contributed by atoms with Gasteiger partial charge in [0.05, 0.1) is 5.02 Å². The summed E-state index contributed by atoms with van der Waals surface area (Å²) >= 11 is 11.6. The topological polar surface area (TPSA) is 108 Å². The second-order valence-electron chi connectivity index (χ2n) is 6.91. The van der Waals surface area contributed by atoms with Gasteiger partial charge in [0.15, 0.2) is 0 Å². The number of likely N-dealkylation sites (N-methyl/N-ethyl adjacent to an activating group) is 1. The van der Waals surface area contributed by atoms with Crippen molar-refractivity contribution in [2.75, 3.05) is 12.4 Å². The zero-order chi connectivity index (χ0) is 22.8. The van der Waals surface area contributed by atoms with Crippen molar-refractivity contribution in [3.05, 3.63) is 63.9 Å². The number of nitrogens with one attached hydrogen (secondary N) is 3. The van der Waals surface area contributed by atoms with Gasteiger partial charge in [-0.3, -0.25) is 9.59 Å². The molecule has 12 heteroatoms. The molecule has 0 radical (unpaired) electrons. The first-order chi connectivity index (χ1) is 14.6. The van der Waals surface area contributed by atoms with E-state index in [0.717, 1.165) is 15.9 Å². The number of halogens is 3. The highest BCUT2D eigenvalue weighted by atomic mass is 35.5. The fourth-order valence-electron chi connectivity index (χ4n) is 3.04. The highest BCUT2D eigenvalue weighted by molar-refractivity contribution is 7.87. The number of benzene rings is 2. The van der Waals surface area contributed by atoms with E-state index < -0.39 is 39.9 Å². The van der Waals surface area contributed by atoms with Crippen LogP contribution in [0.1, 0.15) is 12.0 Å². The first-order valence-corrected chi connectivity index (χ1v) is 11.3. The van der Waals surface area contributed by atoms with Gasteiger partial charge in [-0.15, -0.1) is 0 Å². The molecule has 3 rings (SSSR count). The number of carbonyl (C=O) groups is 2. The lowest BCUT2D eigenvalue weighted by Crippen LogP contribution is -2.62. The van der Waals surface area contributed by atoms with Gasteiger partial charge in [0.25, 0.3) is 10.2 Å². The van der Waals surface area contributed by atoms with Crippen molar-refractivity contribution >= 4 is 50.9 Å². The van der Waals surface area contributed by atoms with E-state index in [1.54, 1.807) is 24.3 Å². The van der Waals surface area contributed by atoms with E-state index in [0.29, 0.717) is 5.02 Å². The summed E-state index contributed by atoms with van der Waals surface area (Å²) in [5.41, 5.74) is 0.932. The number of hydrogen-bond donors (Lipinski definition) is 3. The first kappa shape index (κ1) is 23.4. The molecule has 2 aromatic carbocycles. The Morgan fingerprint density at radius 2 is 1.94 bits per heavy atom. The minimum absolute atomic E-state index is 0.113. The molecular weight excluding hydrogens is 470 g/mol. The standard InChI is InChI=1S/C19H19Cl2FN4O4S/c1-26-17(19(28)24-13-5-6-15(22)14(21)8-13)9-16(25-31(26,29)30)18(27)23-10-11-3-2-4-12(20)7-11/h2-8,16-17,25H,9-10H2,1H3,(H,23,27)(H,24,28). The van der Waals surface area contributed by atoms with Crippen LogP contribution >= 0.6 is 23.2 Å². The number of hydrogen-bond acceptors (Lipinski definition) is 4. The fraction of sp³-hybridized carbons (Fsp3) is 0.263.